The van der Waals surface area contributed by atoms with Crippen LogP contribution in [0.3, 0.4) is 0 Å². The van der Waals surface area contributed by atoms with Crippen LogP contribution in [0.2, 0.25) is 0 Å². The fraction of sp³-hybridized carbons (Fsp3) is 0.867. The van der Waals surface area contributed by atoms with E-state index in [9.17, 15) is 67.3 Å². The third kappa shape index (κ3) is 65.6. The van der Waals surface area contributed by atoms with Crippen molar-refractivity contribution >= 4 is 71.8 Å². The number of ketones is 6. The molecule has 0 aliphatic carbocycles. The maximum atomic E-state index is 14.5. The summed E-state index contributed by atoms with van der Waals surface area (Å²) in [7, 11) is 0.915. The SMILES string of the molecule is CCCCCCCCCCCCCCCC(=O)CCCCCC(CC(=O)CCCCCNC(=O)C(CCCCCC(=O)CCC(=O)NCCOCCOC)CC(=O)C(CCCCNC(=O)CCC(=O)CCCOCCOC)NC(=O)CCC(=O)CCCOCCOC)C(=O)NCCCCC(CO)COP(=O)(O)C(C)C. The number of unbranched alkanes of at least 4 members (excludes halogenated alkanes) is 20. The van der Waals surface area contributed by atoms with Gasteiger partial charge in [-0.3, -0.25) is 57.3 Å². The standard InChI is InChI=1S/C83H152N5O21P/c1-7-8-9-10-11-12-13-14-15-16-17-18-24-38-72(90)39-25-19-22-36-70(82(99)87-53-31-28-35-69(66-89)67-109-110(101,102)68(2)3)64-76(94)41-27-21-30-52-86-83(100)71(37-23-20-26-40-73(91)45-49-80(97)85-54-57-108-63-60-105-6)65-78(95)77(88-81(98)50-47-75(93)43-34-56-107-62-59-104-5)44-29-32-51-84-79(96)48-46-74(92)42-33-55-106-61-58-103-4/h68-71,77,89H,7-67H2,1-6H3,(H,84,96)(H,85,97)(H,86,100)(H,87,99)(H,88,98)(H,101,102). The molecular formula is C83H152N5O21P. The zero-order chi connectivity index (χ0) is 81.4. The highest BCUT2D eigenvalue weighted by atomic mass is 31.2. The normalized spacial score (nSPS) is 13.1. The summed E-state index contributed by atoms with van der Waals surface area (Å²) in [4.78, 5) is 156. The molecule has 5 atom stereocenters. The second kappa shape index (κ2) is 74.4. The van der Waals surface area contributed by atoms with E-state index in [4.69, 9.17) is 32.9 Å². The minimum absolute atomic E-state index is 0.0243. The molecule has 0 fully saturated rings. The predicted molar refractivity (Wildman–Crippen MR) is 429 cm³/mol. The van der Waals surface area contributed by atoms with Crippen molar-refractivity contribution in [1.82, 2.24) is 26.6 Å². The van der Waals surface area contributed by atoms with E-state index >= 15 is 0 Å². The van der Waals surface area contributed by atoms with Gasteiger partial charge in [0.1, 0.15) is 28.9 Å². The number of aliphatic hydroxyl groups excluding tert-OH is 1. The van der Waals surface area contributed by atoms with E-state index in [0.29, 0.717) is 195 Å². The van der Waals surface area contributed by atoms with E-state index in [0.717, 1.165) is 25.7 Å². The number of hydrogen-bond acceptors (Lipinski definition) is 20. The number of amides is 5. The molecule has 0 aromatic heterocycles. The summed E-state index contributed by atoms with van der Waals surface area (Å²) >= 11 is 0. The number of nitrogens with one attached hydrogen (secondary N) is 5. The van der Waals surface area contributed by atoms with Crippen molar-refractivity contribution in [3.8, 4) is 0 Å². The summed E-state index contributed by atoms with van der Waals surface area (Å²) in [6, 6.07) is -1.02. The van der Waals surface area contributed by atoms with Crippen molar-refractivity contribution in [3.63, 3.8) is 0 Å². The highest BCUT2D eigenvalue weighted by molar-refractivity contribution is 7.53. The van der Waals surface area contributed by atoms with Crippen LogP contribution in [0.15, 0.2) is 0 Å². The van der Waals surface area contributed by atoms with Crippen molar-refractivity contribution < 1.29 is 100 Å². The lowest BCUT2D eigenvalue weighted by atomic mass is 9.90. The minimum Gasteiger partial charge on any atom is -0.396 e. The van der Waals surface area contributed by atoms with E-state index in [1.54, 1.807) is 35.2 Å². The molecule has 0 rings (SSSR count). The van der Waals surface area contributed by atoms with Crippen molar-refractivity contribution in [1.29, 1.82) is 0 Å². The summed E-state index contributed by atoms with van der Waals surface area (Å²) in [6.45, 7) is 9.97. The maximum Gasteiger partial charge on any atom is 0.330 e. The van der Waals surface area contributed by atoms with Crippen LogP contribution in [0.4, 0.5) is 0 Å². The number of Topliss-reactive ketones (excluding diaryl/α,β-unsaturated/α-hetero) is 6. The third-order valence-corrected chi connectivity index (χ3v) is 21.4. The highest BCUT2D eigenvalue weighted by Crippen LogP contribution is 2.47. The van der Waals surface area contributed by atoms with Gasteiger partial charge in [0.2, 0.25) is 29.5 Å². The second-order valence-corrected chi connectivity index (χ2v) is 32.3. The van der Waals surface area contributed by atoms with Crippen molar-refractivity contribution in [2.45, 2.75) is 328 Å². The number of carbonyl (C=O) groups is 11. The monoisotopic (exact) mass is 1590 g/mol. The number of carbonyl (C=O) groups excluding carboxylic acids is 11. The van der Waals surface area contributed by atoms with Crippen molar-refractivity contribution in [3.05, 3.63) is 0 Å². The summed E-state index contributed by atoms with van der Waals surface area (Å²) in [5, 5.41) is 24.4. The molecular weight excluding hydrogens is 1430 g/mol. The smallest absolute Gasteiger partial charge is 0.330 e. The first kappa shape index (κ1) is 105. The molecule has 0 spiro atoms. The Balaban J connectivity index is 6.06. The zero-order valence-corrected chi connectivity index (χ0v) is 70.0. The molecule has 0 saturated heterocycles. The molecule has 0 aromatic carbocycles. The largest absolute Gasteiger partial charge is 0.396 e. The average Bonchev–Trinajstić information content (AvgIpc) is 0.889. The minimum atomic E-state index is -3.80. The molecule has 0 radical (unpaired) electrons. The van der Waals surface area contributed by atoms with Gasteiger partial charge >= 0.3 is 7.60 Å². The van der Waals surface area contributed by atoms with Gasteiger partial charge in [0.15, 0.2) is 5.78 Å². The summed E-state index contributed by atoms with van der Waals surface area (Å²) < 4.78 is 48.8. The Kier molecular flexibility index (Phi) is 71.1. The molecule has 26 nitrogen and oxygen atoms in total. The zero-order valence-electron chi connectivity index (χ0n) is 69.1. The Morgan fingerprint density at radius 2 is 0.718 bits per heavy atom. The fourth-order valence-corrected chi connectivity index (χ4v) is 13.2. The van der Waals surface area contributed by atoms with Gasteiger partial charge in [-0.1, -0.05) is 136 Å². The summed E-state index contributed by atoms with van der Waals surface area (Å²) in [5.41, 5.74) is -0.573. The molecule has 5 amide bonds. The van der Waals surface area contributed by atoms with Gasteiger partial charge in [0, 0.05) is 175 Å². The van der Waals surface area contributed by atoms with Crippen LogP contribution in [0, 0.1) is 17.8 Å². The van der Waals surface area contributed by atoms with E-state index in [1.807, 2.05) is 0 Å². The third-order valence-electron chi connectivity index (χ3n) is 19.6. The number of methoxy groups -OCH3 is 3. The molecule has 27 heteroatoms. The van der Waals surface area contributed by atoms with Crippen LogP contribution >= 0.6 is 7.60 Å². The molecule has 640 valence electrons. The molecule has 0 aliphatic heterocycles. The Morgan fingerprint density at radius 3 is 1.18 bits per heavy atom. The summed E-state index contributed by atoms with van der Waals surface area (Å²) in [6.07, 6.45) is 27.9. The van der Waals surface area contributed by atoms with E-state index in [-0.39, 0.29) is 174 Å². The van der Waals surface area contributed by atoms with Crippen LogP contribution in [0.5, 0.6) is 0 Å². The molecule has 7 N–H and O–H groups in total. The van der Waals surface area contributed by atoms with E-state index in [2.05, 4.69) is 33.5 Å². The van der Waals surface area contributed by atoms with E-state index in [1.165, 1.54) is 64.2 Å². The molecule has 0 bridgehead atoms. The van der Waals surface area contributed by atoms with Crippen molar-refractivity contribution in [2.24, 2.45) is 17.8 Å². The lowest BCUT2D eigenvalue weighted by Gasteiger charge is -2.22. The average molecular weight is 1590 g/mol. The number of ether oxygens (including phenoxy) is 6. The first-order valence-electron chi connectivity index (χ1n) is 42.4. The Labute approximate surface area is 661 Å². The molecule has 0 heterocycles. The van der Waals surface area contributed by atoms with Gasteiger partial charge in [0.25, 0.3) is 0 Å². The van der Waals surface area contributed by atoms with Gasteiger partial charge < -0.3 is 69.5 Å². The number of rotatable bonds is 84. The van der Waals surface area contributed by atoms with Gasteiger partial charge in [-0.2, -0.15) is 0 Å². The quantitative estimate of drug-likeness (QED) is 0.0220. The lowest BCUT2D eigenvalue weighted by molar-refractivity contribution is -0.132. The highest BCUT2D eigenvalue weighted by Gasteiger charge is 2.29. The predicted octanol–water partition coefficient (Wildman–Crippen LogP) is 12.8. The topological polar surface area (TPSA) is 370 Å². The Morgan fingerprint density at radius 1 is 0.355 bits per heavy atom. The number of hydrogen-bond donors (Lipinski definition) is 7. The first-order chi connectivity index (χ1) is 53.1. The fourth-order valence-electron chi connectivity index (χ4n) is 12.5. The Bertz CT molecular complexity index is 2470. The van der Waals surface area contributed by atoms with Gasteiger partial charge in [0.05, 0.1) is 64.6 Å². The van der Waals surface area contributed by atoms with Gasteiger partial charge in [-0.05, 0) is 89.9 Å². The molecule has 110 heavy (non-hydrogen) atoms. The van der Waals surface area contributed by atoms with Crippen LogP contribution in [-0.4, -0.2) is 206 Å². The van der Waals surface area contributed by atoms with Crippen LogP contribution in [-0.2, 0) is 90.2 Å². The van der Waals surface area contributed by atoms with Crippen LogP contribution in [0.25, 0.3) is 0 Å². The molecule has 0 aliphatic rings. The Hall–Kier alpha value is -4.76. The first-order valence-corrected chi connectivity index (χ1v) is 44.0. The second-order valence-electron chi connectivity index (χ2n) is 29.9. The molecule has 0 saturated carbocycles. The van der Waals surface area contributed by atoms with Gasteiger partial charge in [-0.25, -0.2) is 0 Å². The molecule has 5 unspecified atom stereocenters. The van der Waals surface area contributed by atoms with E-state index < -0.39 is 37.0 Å². The summed E-state index contributed by atoms with van der Waals surface area (Å²) in [5.74, 6) is -3.80. The van der Waals surface area contributed by atoms with Crippen LogP contribution < -0.4 is 26.6 Å². The lowest BCUT2D eigenvalue weighted by Crippen LogP contribution is -2.43. The molecule has 0 aromatic rings. The van der Waals surface area contributed by atoms with Crippen LogP contribution in [0.1, 0.15) is 316 Å². The maximum absolute atomic E-state index is 14.5. The van der Waals surface area contributed by atoms with Crippen molar-refractivity contribution in [2.75, 3.05) is 120 Å². The van der Waals surface area contributed by atoms with Gasteiger partial charge in [-0.15, -0.1) is 0 Å². The number of aliphatic hydroxyl groups is 1.